The molecule has 0 aliphatic heterocycles. The number of halogens is 4. The van der Waals surface area contributed by atoms with Crippen molar-refractivity contribution in [2.45, 2.75) is 51.7 Å². The minimum absolute atomic E-state index is 0.0204. The third-order valence-corrected chi connectivity index (χ3v) is 3.17. The summed E-state index contributed by atoms with van der Waals surface area (Å²) >= 11 is 6.17. The molecule has 0 fully saturated rings. The molecule has 1 atom stereocenters. The van der Waals surface area contributed by atoms with Crippen molar-refractivity contribution in [3.8, 4) is 0 Å². The van der Waals surface area contributed by atoms with Crippen molar-refractivity contribution < 1.29 is 17.9 Å². The summed E-state index contributed by atoms with van der Waals surface area (Å²) in [6.45, 7) is 4.89. The summed E-state index contributed by atoms with van der Waals surface area (Å²) in [5.41, 5.74) is 2.87. The molecule has 3 nitrogen and oxygen atoms in total. The topological polar surface area (TPSA) is 27.1 Å². The molecule has 1 unspecified atom stereocenters. The molecule has 7 heteroatoms. The first-order valence-corrected chi connectivity index (χ1v) is 7.10. The Balaban J connectivity index is 2.75. The number of ether oxygens (including phenoxy) is 1. The highest BCUT2D eigenvalue weighted by molar-refractivity contribution is 6.20. The average Bonchev–Trinajstić information content (AvgIpc) is 2.71. The Hall–Kier alpha value is -0.750. The number of aryl methyl sites for hydroxylation is 1. The fourth-order valence-corrected chi connectivity index (χ4v) is 2.43. The highest BCUT2D eigenvalue weighted by Gasteiger charge is 2.27. The number of alkyl halides is 4. The summed E-state index contributed by atoms with van der Waals surface area (Å²) in [5.74, 6) is 0. The molecule has 0 aliphatic carbocycles. The second-order valence-electron chi connectivity index (χ2n) is 4.52. The lowest BCUT2D eigenvalue weighted by Gasteiger charge is -2.10. The lowest BCUT2D eigenvalue weighted by Crippen LogP contribution is -2.19. The molecule has 20 heavy (non-hydrogen) atoms. The molecule has 0 amide bonds. The zero-order valence-corrected chi connectivity index (χ0v) is 12.7. The summed E-state index contributed by atoms with van der Waals surface area (Å²) < 4.78 is 42.3. The Bertz CT molecular complexity index is 430. The van der Waals surface area contributed by atoms with Gasteiger partial charge in [-0.15, -0.1) is 11.6 Å². The van der Waals surface area contributed by atoms with E-state index in [1.165, 1.54) is 0 Å². The summed E-state index contributed by atoms with van der Waals surface area (Å²) in [6.07, 6.45) is -2.81. The van der Waals surface area contributed by atoms with Crippen LogP contribution in [0.5, 0.6) is 0 Å². The molecule has 0 bridgehead atoms. The first-order valence-electron chi connectivity index (χ1n) is 6.67. The quantitative estimate of drug-likeness (QED) is 0.564. The van der Waals surface area contributed by atoms with E-state index in [9.17, 15) is 13.2 Å². The number of nitrogens with zero attached hydrogens (tertiary/aromatic N) is 2. The van der Waals surface area contributed by atoms with E-state index < -0.39 is 12.8 Å². The fraction of sp³-hybridized carbons (Fsp3) is 0.769. The van der Waals surface area contributed by atoms with Gasteiger partial charge in [0, 0.05) is 11.3 Å². The van der Waals surface area contributed by atoms with E-state index in [1.807, 2.05) is 20.8 Å². The van der Waals surface area contributed by atoms with Gasteiger partial charge in [0.25, 0.3) is 0 Å². The summed E-state index contributed by atoms with van der Waals surface area (Å²) in [7, 11) is 0. The molecule has 0 radical (unpaired) electrons. The second kappa shape index (κ2) is 7.31. The van der Waals surface area contributed by atoms with Crippen LogP contribution in [-0.2, 0) is 24.1 Å². The van der Waals surface area contributed by atoms with E-state index in [2.05, 4.69) is 9.84 Å². The van der Waals surface area contributed by atoms with Crippen LogP contribution in [0.25, 0.3) is 0 Å². The van der Waals surface area contributed by atoms with E-state index in [0.717, 1.165) is 29.8 Å². The first-order chi connectivity index (χ1) is 9.30. The van der Waals surface area contributed by atoms with Gasteiger partial charge >= 0.3 is 6.18 Å². The molecule has 1 aromatic rings. The van der Waals surface area contributed by atoms with Crippen LogP contribution in [0, 0.1) is 0 Å². The van der Waals surface area contributed by atoms with Gasteiger partial charge in [-0.2, -0.15) is 18.3 Å². The Morgan fingerprint density at radius 3 is 2.40 bits per heavy atom. The predicted molar refractivity (Wildman–Crippen MR) is 72.1 cm³/mol. The third kappa shape index (κ3) is 4.66. The number of rotatable bonds is 7. The highest BCUT2D eigenvalue weighted by Crippen LogP contribution is 2.28. The number of hydrogen-bond donors (Lipinski definition) is 0. The van der Waals surface area contributed by atoms with Gasteiger partial charge in [-0.05, 0) is 19.8 Å². The lowest BCUT2D eigenvalue weighted by atomic mass is 10.1. The minimum atomic E-state index is -4.29. The van der Waals surface area contributed by atoms with Crippen LogP contribution in [0.2, 0.25) is 0 Å². The molecule has 0 saturated carbocycles. The van der Waals surface area contributed by atoms with Crippen LogP contribution in [0.1, 0.15) is 43.1 Å². The number of hydrogen-bond acceptors (Lipinski definition) is 2. The standard InChI is InChI=1S/C13H20ClF3N2O/c1-4-10-12(9(3)14)11(5-2)19(18-10)6-7-20-8-13(15,16)17/h9H,4-8H2,1-3H3. The molecule has 0 N–H and O–H groups in total. The van der Waals surface area contributed by atoms with Crippen LogP contribution in [0.4, 0.5) is 13.2 Å². The van der Waals surface area contributed by atoms with E-state index >= 15 is 0 Å². The summed E-state index contributed by atoms with van der Waals surface area (Å²) in [5, 5.41) is 4.26. The van der Waals surface area contributed by atoms with Gasteiger partial charge in [-0.1, -0.05) is 13.8 Å². The molecule has 1 rings (SSSR count). The van der Waals surface area contributed by atoms with Gasteiger partial charge in [0.2, 0.25) is 0 Å². The zero-order chi connectivity index (χ0) is 15.3. The van der Waals surface area contributed by atoms with Crippen molar-refractivity contribution in [1.82, 2.24) is 9.78 Å². The lowest BCUT2D eigenvalue weighted by molar-refractivity contribution is -0.174. The van der Waals surface area contributed by atoms with Crippen molar-refractivity contribution in [1.29, 1.82) is 0 Å². The average molecular weight is 313 g/mol. The normalized spacial score (nSPS) is 13.8. The Morgan fingerprint density at radius 1 is 1.30 bits per heavy atom. The van der Waals surface area contributed by atoms with E-state index in [0.29, 0.717) is 6.54 Å². The van der Waals surface area contributed by atoms with E-state index in [1.54, 1.807) is 4.68 Å². The molecular formula is C13H20ClF3N2O. The van der Waals surface area contributed by atoms with Gasteiger partial charge in [0.15, 0.2) is 0 Å². The molecular weight excluding hydrogens is 293 g/mol. The van der Waals surface area contributed by atoms with E-state index in [4.69, 9.17) is 11.6 Å². The van der Waals surface area contributed by atoms with Crippen molar-refractivity contribution in [2.75, 3.05) is 13.2 Å². The van der Waals surface area contributed by atoms with Crippen molar-refractivity contribution in [3.63, 3.8) is 0 Å². The largest absolute Gasteiger partial charge is 0.411 e. The first kappa shape index (κ1) is 17.3. The predicted octanol–water partition coefficient (Wildman–Crippen LogP) is 3.89. The SMILES string of the molecule is CCc1nn(CCOCC(F)(F)F)c(CC)c1C(C)Cl. The van der Waals surface area contributed by atoms with Crippen molar-refractivity contribution >= 4 is 11.6 Å². The van der Waals surface area contributed by atoms with Gasteiger partial charge < -0.3 is 4.74 Å². The van der Waals surface area contributed by atoms with Crippen molar-refractivity contribution in [3.05, 3.63) is 17.0 Å². The van der Waals surface area contributed by atoms with Crippen molar-refractivity contribution in [2.24, 2.45) is 0 Å². The molecule has 0 aromatic carbocycles. The Morgan fingerprint density at radius 2 is 1.95 bits per heavy atom. The molecule has 0 saturated heterocycles. The maximum absolute atomic E-state index is 12.0. The molecule has 0 spiro atoms. The fourth-order valence-electron chi connectivity index (χ4n) is 2.18. The van der Waals surface area contributed by atoms with E-state index in [-0.39, 0.29) is 12.0 Å². The molecule has 1 aromatic heterocycles. The minimum Gasteiger partial charge on any atom is -0.370 e. The van der Waals surface area contributed by atoms with Crippen LogP contribution in [0.15, 0.2) is 0 Å². The summed E-state index contributed by atoms with van der Waals surface area (Å²) in [4.78, 5) is 0. The van der Waals surface area contributed by atoms with Gasteiger partial charge in [-0.3, -0.25) is 4.68 Å². The number of aromatic nitrogens is 2. The molecule has 0 aliphatic rings. The Labute approximate surface area is 122 Å². The van der Waals surface area contributed by atoms with Crippen LogP contribution in [0.3, 0.4) is 0 Å². The van der Waals surface area contributed by atoms with Crippen LogP contribution >= 0.6 is 11.6 Å². The third-order valence-electron chi connectivity index (χ3n) is 2.96. The summed E-state index contributed by atoms with van der Waals surface area (Å²) in [6, 6.07) is 0. The monoisotopic (exact) mass is 312 g/mol. The highest BCUT2D eigenvalue weighted by atomic mass is 35.5. The molecule has 1 heterocycles. The van der Waals surface area contributed by atoms with Gasteiger partial charge in [0.05, 0.1) is 24.2 Å². The maximum atomic E-state index is 12.0. The van der Waals surface area contributed by atoms with Gasteiger partial charge in [-0.25, -0.2) is 0 Å². The van der Waals surface area contributed by atoms with Crippen LogP contribution in [-0.4, -0.2) is 29.2 Å². The maximum Gasteiger partial charge on any atom is 0.411 e. The zero-order valence-electron chi connectivity index (χ0n) is 11.9. The van der Waals surface area contributed by atoms with Crippen LogP contribution < -0.4 is 0 Å². The Kier molecular flexibility index (Phi) is 6.33. The smallest absolute Gasteiger partial charge is 0.370 e. The second-order valence-corrected chi connectivity index (χ2v) is 5.18. The van der Waals surface area contributed by atoms with Gasteiger partial charge in [0.1, 0.15) is 6.61 Å². The molecule has 116 valence electrons.